The van der Waals surface area contributed by atoms with E-state index in [-0.39, 0.29) is 18.2 Å². The number of carbonyl (C=O) groups excluding carboxylic acids is 2. The lowest BCUT2D eigenvalue weighted by Gasteiger charge is -2.18. The van der Waals surface area contributed by atoms with Crippen LogP contribution < -0.4 is 15.0 Å². The summed E-state index contributed by atoms with van der Waals surface area (Å²) in [5.74, 6) is 0.343. The Morgan fingerprint density at radius 3 is 2.46 bits per heavy atom. The first-order valence-corrected chi connectivity index (χ1v) is 7.84. The van der Waals surface area contributed by atoms with Crippen molar-refractivity contribution in [1.29, 1.82) is 0 Å². The lowest BCUT2D eigenvalue weighted by molar-refractivity contribution is -0.121. The fourth-order valence-corrected chi connectivity index (χ4v) is 2.85. The van der Waals surface area contributed by atoms with Crippen LogP contribution in [-0.2, 0) is 9.59 Å². The van der Waals surface area contributed by atoms with E-state index in [0.29, 0.717) is 5.69 Å². The fraction of sp³-hybridized carbons (Fsp3) is 0.263. The Hall–Kier alpha value is -2.82. The van der Waals surface area contributed by atoms with Gasteiger partial charge < -0.3 is 10.1 Å². The molecule has 0 unspecified atom stereocenters. The number of imide groups is 1. The van der Waals surface area contributed by atoms with Crippen molar-refractivity contribution in [2.45, 2.75) is 26.3 Å². The number of hydrogen-bond acceptors (Lipinski definition) is 4. The van der Waals surface area contributed by atoms with Crippen LogP contribution in [0.3, 0.4) is 0 Å². The van der Waals surface area contributed by atoms with Gasteiger partial charge in [-0.2, -0.15) is 0 Å². The fourth-order valence-electron chi connectivity index (χ4n) is 2.85. The average molecular weight is 324 g/mol. The number of rotatable bonds is 4. The summed E-state index contributed by atoms with van der Waals surface area (Å²) in [5.41, 5.74) is 3.38. The Bertz CT molecular complexity index is 784. The molecule has 0 bridgehead atoms. The van der Waals surface area contributed by atoms with Crippen LogP contribution in [0.4, 0.5) is 11.4 Å². The van der Waals surface area contributed by atoms with Crippen molar-refractivity contribution in [2.24, 2.45) is 0 Å². The molecule has 1 N–H and O–H groups in total. The molecule has 0 spiro atoms. The summed E-state index contributed by atoms with van der Waals surface area (Å²) in [6.45, 7) is 3.85. The number of nitrogens with one attached hydrogen (secondary N) is 1. The molecule has 124 valence electrons. The first kappa shape index (κ1) is 16.1. The molecule has 0 saturated carbocycles. The molecule has 1 fully saturated rings. The zero-order valence-electron chi connectivity index (χ0n) is 14.0. The molecule has 2 aromatic carbocycles. The normalized spacial score (nSPS) is 17.3. The number of methoxy groups -OCH3 is 1. The Morgan fingerprint density at radius 2 is 1.79 bits per heavy atom. The third kappa shape index (κ3) is 2.97. The van der Waals surface area contributed by atoms with Crippen molar-refractivity contribution < 1.29 is 14.3 Å². The molecule has 1 aliphatic heterocycles. The molecule has 5 nitrogen and oxygen atoms in total. The molecule has 1 heterocycles. The molecular weight excluding hydrogens is 304 g/mol. The summed E-state index contributed by atoms with van der Waals surface area (Å²) in [6, 6.07) is 12.5. The molecule has 5 heteroatoms. The molecule has 2 amide bonds. The molecule has 0 aromatic heterocycles. The van der Waals surface area contributed by atoms with Crippen molar-refractivity contribution in [1.82, 2.24) is 0 Å². The molecule has 0 aliphatic carbocycles. The van der Waals surface area contributed by atoms with E-state index in [0.717, 1.165) is 22.6 Å². The molecule has 1 atom stereocenters. The summed E-state index contributed by atoms with van der Waals surface area (Å²) in [4.78, 5) is 26.4. The van der Waals surface area contributed by atoms with Gasteiger partial charge in [0, 0.05) is 5.69 Å². The van der Waals surface area contributed by atoms with Crippen LogP contribution in [0.25, 0.3) is 0 Å². The Morgan fingerprint density at radius 1 is 1.08 bits per heavy atom. The summed E-state index contributed by atoms with van der Waals surface area (Å²) in [5, 5.41) is 3.14. The van der Waals surface area contributed by atoms with Gasteiger partial charge in [-0.3, -0.25) is 9.59 Å². The van der Waals surface area contributed by atoms with E-state index in [2.05, 4.69) is 5.32 Å². The maximum atomic E-state index is 12.7. The lowest BCUT2D eigenvalue weighted by Crippen LogP contribution is -2.35. The summed E-state index contributed by atoms with van der Waals surface area (Å²) in [6.07, 6.45) is 0.151. The van der Waals surface area contributed by atoms with Gasteiger partial charge in [-0.25, -0.2) is 4.90 Å². The van der Waals surface area contributed by atoms with Crippen LogP contribution in [0, 0.1) is 13.8 Å². The van der Waals surface area contributed by atoms with Gasteiger partial charge >= 0.3 is 0 Å². The van der Waals surface area contributed by atoms with Crippen LogP contribution in [0.2, 0.25) is 0 Å². The third-order valence-electron chi connectivity index (χ3n) is 4.18. The molecule has 0 radical (unpaired) electrons. The summed E-state index contributed by atoms with van der Waals surface area (Å²) < 4.78 is 5.12. The van der Waals surface area contributed by atoms with Gasteiger partial charge in [0.15, 0.2) is 0 Å². The highest BCUT2D eigenvalue weighted by atomic mass is 16.5. The Balaban J connectivity index is 1.82. The number of anilines is 2. The smallest absolute Gasteiger partial charge is 0.256 e. The zero-order chi connectivity index (χ0) is 17.3. The minimum atomic E-state index is -0.550. The molecule has 24 heavy (non-hydrogen) atoms. The van der Waals surface area contributed by atoms with E-state index in [1.54, 1.807) is 7.11 Å². The summed E-state index contributed by atoms with van der Waals surface area (Å²) in [7, 11) is 1.60. The minimum absolute atomic E-state index is 0.151. The van der Waals surface area contributed by atoms with Gasteiger partial charge in [-0.05, 0) is 55.3 Å². The van der Waals surface area contributed by atoms with Gasteiger partial charge in [-0.1, -0.05) is 12.1 Å². The van der Waals surface area contributed by atoms with E-state index in [1.807, 2.05) is 56.3 Å². The van der Waals surface area contributed by atoms with Gasteiger partial charge in [0.1, 0.15) is 11.8 Å². The van der Waals surface area contributed by atoms with Crippen molar-refractivity contribution in [2.75, 3.05) is 17.3 Å². The van der Waals surface area contributed by atoms with Crippen molar-refractivity contribution >= 4 is 23.2 Å². The largest absolute Gasteiger partial charge is 0.497 e. The van der Waals surface area contributed by atoms with E-state index in [1.165, 1.54) is 4.90 Å². The first-order valence-electron chi connectivity index (χ1n) is 7.84. The number of hydrogen-bond donors (Lipinski definition) is 1. The second kappa shape index (κ2) is 6.35. The second-order valence-electron chi connectivity index (χ2n) is 5.99. The topological polar surface area (TPSA) is 58.6 Å². The van der Waals surface area contributed by atoms with E-state index >= 15 is 0 Å². The van der Waals surface area contributed by atoms with Gasteiger partial charge in [0.25, 0.3) is 5.91 Å². The van der Waals surface area contributed by atoms with Crippen molar-refractivity contribution in [3.05, 3.63) is 53.6 Å². The summed E-state index contributed by atoms with van der Waals surface area (Å²) >= 11 is 0. The SMILES string of the molecule is COc1ccc(N[C@H]2CC(=O)N(c3cc(C)ccc3C)C2=O)cc1. The highest BCUT2D eigenvalue weighted by Gasteiger charge is 2.40. The maximum Gasteiger partial charge on any atom is 0.256 e. The Labute approximate surface area is 141 Å². The van der Waals surface area contributed by atoms with Gasteiger partial charge in [0.05, 0.1) is 19.2 Å². The van der Waals surface area contributed by atoms with Gasteiger partial charge in [0.2, 0.25) is 5.91 Å². The van der Waals surface area contributed by atoms with Crippen LogP contribution in [0.15, 0.2) is 42.5 Å². The highest BCUT2D eigenvalue weighted by molar-refractivity contribution is 6.23. The predicted octanol–water partition coefficient (Wildman–Crippen LogP) is 3.06. The van der Waals surface area contributed by atoms with E-state index < -0.39 is 6.04 Å². The number of ether oxygens (including phenoxy) is 1. The predicted molar refractivity (Wildman–Crippen MR) is 93.4 cm³/mol. The first-order chi connectivity index (χ1) is 11.5. The molecular formula is C19H20N2O3. The van der Waals surface area contributed by atoms with Gasteiger partial charge in [-0.15, -0.1) is 0 Å². The van der Waals surface area contributed by atoms with Crippen molar-refractivity contribution in [3.63, 3.8) is 0 Å². The van der Waals surface area contributed by atoms with E-state index in [9.17, 15) is 9.59 Å². The maximum absolute atomic E-state index is 12.7. The standard InChI is InChI=1S/C19H20N2O3/c1-12-4-5-13(2)17(10-12)21-18(22)11-16(19(21)23)20-14-6-8-15(24-3)9-7-14/h4-10,16,20H,11H2,1-3H3/t16-/m0/s1. The average Bonchev–Trinajstić information content (AvgIpc) is 2.84. The lowest BCUT2D eigenvalue weighted by atomic mass is 10.1. The second-order valence-corrected chi connectivity index (χ2v) is 5.99. The molecule has 2 aromatic rings. The van der Waals surface area contributed by atoms with Crippen LogP contribution in [-0.4, -0.2) is 25.0 Å². The number of nitrogens with zero attached hydrogens (tertiary/aromatic N) is 1. The minimum Gasteiger partial charge on any atom is -0.497 e. The number of amides is 2. The molecule has 1 saturated heterocycles. The molecule has 1 aliphatic rings. The Kier molecular flexibility index (Phi) is 4.25. The van der Waals surface area contributed by atoms with Crippen LogP contribution in [0.5, 0.6) is 5.75 Å². The third-order valence-corrected chi connectivity index (χ3v) is 4.18. The number of carbonyl (C=O) groups is 2. The highest BCUT2D eigenvalue weighted by Crippen LogP contribution is 2.28. The quantitative estimate of drug-likeness (QED) is 0.878. The number of aryl methyl sites for hydroxylation is 2. The van der Waals surface area contributed by atoms with Crippen LogP contribution in [0.1, 0.15) is 17.5 Å². The monoisotopic (exact) mass is 324 g/mol. The number of benzene rings is 2. The van der Waals surface area contributed by atoms with E-state index in [4.69, 9.17) is 4.74 Å². The molecule has 3 rings (SSSR count). The van der Waals surface area contributed by atoms with Crippen LogP contribution >= 0.6 is 0 Å². The zero-order valence-corrected chi connectivity index (χ0v) is 14.0. The van der Waals surface area contributed by atoms with Crippen molar-refractivity contribution in [3.8, 4) is 5.75 Å².